The molecular weight excluding hydrogens is 420 g/mol. The molecule has 0 bridgehead atoms. The monoisotopic (exact) mass is 442 g/mol. The van der Waals surface area contributed by atoms with Gasteiger partial charge in [0.2, 0.25) is 0 Å². The molecule has 0 saturated heterocycles. The molecule has 1 N–H and O–H groups in total. The number of carbonyl (C=O) groups is 1. The van der Waals surface area contributed by atoms with E-state index in [2.05, 4.69) is 11.4 Å². The molecule has 6 nitrogen and oxygen atoms in total. The third kappa shape index (κ3) is 5.42. The molecular formula is C25H22N4O2S. The van der Waals surface area contributed by atoms with Crippen LogP contribution >= 0.6 is 11.3 Å². The molecule has 1 amide bonds. The standard InChI is InChI=1S/C25H22N4O2S/c26-13-4-5-14-31-21-11-6-10-20(16-21)27-25(30)22-18-29(17-19-8-2-1-3-9-19)28-24(22)23-12-7-15-32-23/h1-3,6-12,15-16,18H,4-5,14,17H2,(H,27,30). The average molecular weight is 443 g/mol. The number of rotatable bonds is 9. The minimum atomic E-state index is -0.227. The van der Waals surface area contributed by atoms with Gasteiger partial charge in [-0.25, -0.2) is 0 Å². The molecule has 4 aromatic rings. The van der Waals surface area contributed by atoms with Crippen molar-refractivity contribution < 1.29 is 9.53 Å². The number of aromatic nitrogens is 2. The Morgan fingerprint density at radius 2 is 2.00 bits per heavy atom. The molecule has 7 heteroatoms. The predicted octanol–water partition coefficient (Wildman–Crippen LogP) is 5.59. The Balaban J connectivity index is 1.53. The number of carbonyl (C=O) groups excluding carboxylic acids is 1. The first-order valence-electron chi connectivity index (χ1n) is 10.3. The van der Waals surface area contributed by atoms with Crippen molar-refractivity contribution in [1.82, 2.24) is 9.78 Å². The molecule has 2 aromatic carbocycles. The van der Waals surface area contributed by atoms with Crippen molar-refractivity contribution in [3.05, 3.63) is 89.4 Å². The normalized spacial score (nSPS) is 10.5. The molecule has 2 aromatic heterocycles. The van der Waals surface area contributed by atoms with Crippen molar-refractivity contribution in [3.63, 3.8) is 0 Å². The van der Waals surface area contributed by atoms with Gasteiger partial charge in [0.05, 0.1) is 29.7 Å². The molecule has 4 rings (SSSR count). The van der Waals surface area contributed by atoms with Crippen LogP contribution in [0.25, 0.3) is 10.6 Å². The second kappa shape index (κ2) is 10.4. The van der Waals surface area contributed by atoms with Crippen LogP contribution in [0.1, 0.15) is 28.8 Å². The van der Waals surface area contributed by atoms with Gasteiger partial charge in [-0.2, -0.15) is 10.4 Å². The molecule has 0 aliphatic rings. The van der Waals surface area contributed by atoms with Crippen LogP contribution in [-0.2, 0) is 6.54 Å². The van der Waals surface area contributed by atoms with E-state index in [0.717, 1.165) is 10.4 Å². The molecule has 0 fully saturated rings. The van der Waals surface area contributed by atoms with Gasteiger partial charge in [0, 0.05) is 24.4 Å². The molecule has 0 spiro atoms. The van der Waals surface area contributed by atoms with Gasteiger partial charge in [-0.05, 0) is 35.6 Å². The van der Waals surface area contributed by atoms with Crippen LogP contribution in [0.15, 0.2) is 78.3 Å². The Labute approximate surface area is 190 Å². The smallest absolute Gasteiger partial charge is 0.259 e. The number of anilines is 1. The van der Waals surface area contributed by atoms with Crippen molar-refractivity contribution in [3.8, 4) is 22.4 Å². The van der Waals surface area contributed by atoms with E-state index in [1.54, 1.807) is 28.3 Å². The summed E-state index contributed by atoms with van der Waals surface area (Å²) in [6.45, 7) is 1.04. The zero-order valence-corrected chi connectivity index (χ0v) is 18.2. The van der Waals surface area contributed by atoms with Gasteiger partial charge in [0.15, 0.2) is 0 Å². The lowest BCUT2D eigenvalue weighted by Crippen LogP contribution is -2.12. The van der Waals surface area contributed by atoms with E-state index < -0.39 is 0 Å². The van der Waals surface area contributed by atoms with Crippen LogP contribution in [-0.4, -0.2) is 22.3 Å². The Kier molecular flexibility index (Phi) is 6.95. The lowest BCUT2D eigenvalue weighted by atomic mass is 10.2. The van der Waals surface area contributed by atoms with Crippen LogP contribution in [0.4, 0.5) is 5.69 Å². The van der Waals surface area contributed by atoms with E-state index >= 15 is 0 Å². The fourth-order valence-electron chi connectivity index (χ4n) is 3.24. The van der Waals surface area contributed by atoms with E-state index in [1.165, 1.54) is 0 Å². The zero-order valence-electron chi connectivity index (χ0n) is 17.4. The van der Waals surface area contributed by atoms with Crippen molar-refractivity contribution in [1.29, 1.82) is 5.26 Å². The molecule has 0 radical (unpaired) electrons. The number of hydrogen-bond acceptors (Lipinski definition) is 5. The average Bonchev–Trinajstić information content (AvgIpc) is 3.48. The van der Waals surface area contributed by atoms with Crippen molar-refractivity contribution >= 4 is 22.9 Å². The summed E-state index contributed by atoms with van der Waals surface area (Å²) in [7, 11) is 0. The molecule has 0 saturated carbocycles. The lowest BCUT2D eigenvalue weighted by Gasteiger charge is -2.08. The summed E-state index contributed by atoms with van der Waals surface area (Å²) in [6, 6.07) is 23.3. The zero-order chi connectivity index (χ0) is 22.2. The maximum Gasteiger partial charge on any atom is 0.259 e. The maximum absolute atomic E-state index is 13.2. The number of unbranched alkanes of at least 4 members (excludes halogenated alkanes) is 1. The largest absolute Gasteiger partial charge is 0.493 e. The highest BCUT2D eigenvalue weighted by atomic mass is 32.1. The highest BCUT2D eigenvalue weighted by molar-refractivity contribution is 7.13. The SMILES string of the molecule is N#CCCCOc1cccc(NC(=O)c2cn(Cc3ccccc3)nc2-c2cccs2)c1. The van der Waals surface area contributed by atoms with Crippen molar-refractivity contribution in [2.45, 2.75) is 19.4 Å². The topological polar surface area (TPSA) is 79.9 Å². The summed E-state index contributed by atoms with van der Waals surface area (Å²) in [4.78, 5) is 14.1. The van der Waals surface area contributed by atoms with Gasteiger partial charge < -0.3 is 10.1 Å². The lowest BCUT2D eigenvalue weighted by molar-refractivity contribution is 0.102. The van der Waals surface area contributed by atoms with Gasteiger partial charge in [-0.15, -0.1) is 11.3 Å². The molecule has 32 heavy (non-hydrogen) atoms. The summed E-state index contributed by atoms with van der Waals surface area (Å²) >= 11 is 1.55. The van der Waals surface area contributed by atoms with Gasteiger partial charge in [0.1, 0.15) is 11.4 Å². The molecule has 0 unspecified atom stereocenters. The van der Waals surface area contributed by atoms with E-state index in [-0.39, 0.29) is 5.91 Å². The third-order valence-electron chi connectivity index (χ3n) is 4.74. The number of nitriles is 1. The van der Waals surface area contributed by atoms with E-state index in [0.29, 0.717) is 48.7 Å². The van der Waals surface area contributed by atoms with Crippen molar-refractivity contribution in [2.24, 2.45) is 0 Å². The summed E-state index contributed by atoms with van der Waals surface area (Å²) in [6.07, 6.45) is 2.91. The number of hydrogen-bond donors (Lipinski definition) is 1. The highest BCUT2D eigenvalue weighted by Gasteiger charge is 2.19. The van der Waals surface area contributed by atoms with Crippen molar-refractivity contribution in [2.75, 3.05) is 11.9 Å². The summed E-state index contributed by atoms with van der Waals surface area (Å²) in [5.41, 5.74) is 2.93. The fraction of sp³-hybridized carbons (Fsp3) is 0.160. The van der Waals surface area contributed by atoms with Crippen LogP contribution in [0.5, 0.6) is 5.75 Å². The highest BCUT2D eigenvalue weighted by Crippen LogP contribution is 2.28. The Morgan fingerprint density at radius 3 is 2.78 bits per heavy atom. The first kappa shape index (κ1) is 21.3. The minimum Gasteiger partial charge on any atom is -0.493 e. The summed E-state index contributed by atoms with van der Waals surface area (Å²) in [5.74, 6) is 0.424. The first-order chi connectivity index (χ1) is 15.7. The number of ether oxygens (including phenoxy) is 1. The van der Waals surface area contributed by atoms with E-state index in [4.69, 9.17) is 15.1 Å². The van der Waals surface area contributed by atoms with Crippen LogP contribution < -0.4 is 10.1 Å². The third-order valence-corrected chi connectivity index (χ3v) is 5.62. The quantitative estimate of drug-likeness (QED) is 0.342. The van der Waals surface area contributed by atoms with Gasteiger partial charge in [0.25, 0.3) is 5.91 Å². The second-order valence-electron chi connectivity index (χ2n) is 7.14. The number of benzene rings is 2. The Morgan fingerprint density at radius 1 is 1.12 bits per heavy atom. The molecule has 0 aliphatic heterocycles. The van der Waals surface area contributed by atoms with Gasteiger partial charge in [-0.3, -0.25) is 9.48 Å². The number of nitrogens with one attached hydrogen (secondary N) is 1. The molecule has 0 atom stereocenters. The van der Waals surface area contributed by atoms with E-state index in [9.17, 15) is 4.79 Å². The van der Waals surface area contributed by atoms with Gasteiger partial charge >= 0.3 is 0 Å². The predicted molar refractivity (Wildman–Crippen MR) is 126 cm³/mol. The van der Waals surface area contributed by atoms with Crippen LogP contribution in [0.3, 0.4) is 0 Å². The molecule has 160 valence electrons. The van der Waals surface area contributed by atoms with E-state index in [1.807, 2.05) is 66.0 Å². The number of nitrogens with zero attached hydrogens (tertiary/aromatic N) is 3. The molecule has 2 heterocycles. The molecule has 0 aliphatic carbocycles. The second-order valence-corrected chi connectivity index (χ2v) is 8.09. The Bertz CT molecular complexity index is 1210. The minimum absolute atomic E-state index is 0.227. The van der Waals surface area contributed by atoms with Crippen LogP contribution in [0, 0.1) is 11.3 Å². The first-order valence-corrected chi connectivity index (χ1v) is 11.2. The fourth-order valence-corrected chi connectivity index (χ4v) is 3.96. The number of thiophene rings is 1. The summed E-state index contributed by atoms with van der Waals surface area (Å²) in [5, 5.41) is 18.3. The van der Waals surface area contributed by atoms with Crippen LogP contribution in [0.2, 0.25) is 0 Å². The van der Waals surface area contributed by atoms with Gasteiger partial charge in [-0.1, -0.05) is 42.5 Å². The number of amides is 1. The maximum atomic E-state index is 13.2. The summed E-state index contributed by atoms with van der Waals surface area (Å²) < 4.78 is 7.47. The Hall–Kier alpha value is -3.89.